The Morgan fingerprint density at radius 2 is 2.00 bits per heavy atom. The highest BCUT2D eigenvalue weighted by molar-refractivity contribution is 7.17. The Kier molecular flexibility index (Phi) is 2.71. The number of aryl methyl sites for hydroxylation is 4. The molecule has 2 nitrogen and oxygen atoms in total. The maximum absolute atomic E-state index is 4.87. The number of thiazole rings is 1. The van der Waals surface area contributed by atoms with Crippen molar-refractivity contribution in [3.63, 3.8) is 0 Å². The van der Waals surface area contributed by atoms with E-state index in [2.05, 4.69) is 42.6 Å². The van der Waals surface area contributed by atoms with E-state index in [4.69, 9.17) is 4.98 Å². The topological polar surface area (TPSA) is 17.3 Å². The van der Waals surface area contributed by atoms with E-state index in [1.165, 1.54) is 48.1 Å². The Bertz CT molecular complexity index is 795. The molecule has 3 heteroatoms. The average molecular weight is 282 g/mol. The van der Waals surface area contributed by atoms with Crippen LogP contribution < -0.4 is 0 Å². The van der Waals surface area contributed by atoms with Crippen molar-refractivity contribution >= 4 is 16.3 Å². The molecule has 0 amide bonds. The number of fused-ring (bicyclic) bond motifs is 3. The lowest BCUT2D eigenvalue weighted by molar-refractivity contribution is 0.674. The molecule has 1 aromatic carbocycles. The highest BCUT2D eigenvalue weighted by Gasteiger charge is 2.18. The van der Waals surface area contributed by atoms with Gasteiger partial charge in [-0.3, -0.25) is 4.40 Å². The van der Waals surface area contributed by atoms with Crippen LogP contribution >= 0.6 is 11.3 Å². The summed E-state index contributed by atoms with van der Waals surface area (Å²) >= 11 is 1.88. The van der Waals surface area contributed by atoms with Crippen molar-refractivity contribution in [2.45, 2.75) is 39.5 Å². The van der Waals surface area contributed by atoms with E-state index in [1.807, 2.05) is 11.3 Å². The second-order valence-corrected chi connectivity index (χ2v) is 6.84. The molecule has 0 spiro atoms. The lowest BCUT2D eigenvalue weighted by Gasteiger charge is -2.10. The molecule has 0 unspecified atom stereocenters. The quantitative estimate of drug-likeness (QED) is 0.639. The predicted octanol–water partition coefficient (Wildman–Crippen LogP) is 4.56. The van der Waals surface area contributed by atoms with Crippen LogP contribution in [0.3, 0.4) is 0 Å². The Hall–Kier alpha value is -1.61. The molecule has 3 aromatic rings. The number of rotatable bonds is 1. The fourth-order valence-electron chi connectivity index (χ4n) is 3.11. The fourth-order valence-corrected chi connectivity index (χ4v) is 4.30. The number of hydrogen-bond donors (Lipinski definition) is 0. The van der Waals surface area contributed by atoms with E-state index in [9.17, 15) is 0 Å². The van der Waals surface area contributed by atoms with Gasteiger partial charge in [0, 0.05) is 22.3 Å². The first-order valence-corrected chi connectivity index (χ1v) is 8.11. The third kappa shape index (κ3) is 1.80. The van der Waals surface area contributed by atoms with Gasteiger partial charge in [0.25, 0.3) is 0 Å². The lowest BCUT2D eigenvalue weighted by atomic mass is 10.0. The Balaban J connectivity index is 1.89. The molecule has 0 radical (unpaired) electrons. The van der Waals surface area contributed by atoms with Crippen molar-refractivity contribution < 1.29 is 0 Å². The summed E-state index contributed by atoms with van der Waals surface area (Å²) in [6.45, 7) is 4.31. The van der Waals surface area contributed by atoms with Crippen molar-refractivity contribution in [1.29, 1.82) is 0 Å². The van der Waals surface area contributed by atoms with Gasteiger partial charge < -0.3 is 0 Å². The van der Waals surface area contributed by atoms with E-state index in [-0.39, 0.29) is 0 Å². The van der Waals surface area contributed by atoms with Crippen molar-refractivity contribution in [3.05, 3.63) is 46.1 Å². The zero-order valence-corrected chi connectivity index (χ0v) is 12.8. The van der Waals surface area contributed by atoms with E-state index >= 15 is 0 Å². The molecule has 0 saturated carbocycles. The summed E-state index contributed by atoms with van der Waals surface area (Å²) in [5, 5.41) is 0. The van der Waals surface area contributed by atoms with Crippen LogP contribution in [-0.2, 0) is 12.8 Å². The van der Waals surface area contributed by atoms with Gasteiger partial charge in [-0.05, 0) is 51.2 Å². The van der Waals surface area contributed by atoms with Crippen LogP contribution in [0.15, 0.2) is 24.4 Å². The van der Waals surface area contributed by atoms with Crippen LogP contribution in [0.25, 0.3) is 16.2 Å². The maximum atomic E-state index is 4.87. The second-order valence-electron chi connectivity index (χ2n) is 5.78. The molecule has 0 N–H and O–H groups in total. The summed E-state index contributed by atoms with van der Waals surface area (Å²) in [5.74, 6) is 0. The number of benzene rings is 1. The highest BCUT2D eigenvalue weighted by Crippen LogP contribution is 2.33. The molecular weight excluding hydrogens is 264 g/mol. The van der Waals surface area contributed by atoms with Crippen LogP contribution in [0.4, 0.5) is 0 Å². The van der Waals surface area contributed by atoms with Crippen LogP contribution in [0.5, 0.6) is 0 Å². The number of imidazole rings is 1. The minimum Gasteiger partial charge on any atom is -0.294 e. The van der Waals surface area contributed by atoms with Gasteiger partial charge in [0.1, 0.15) is 0 Å². The van der Waals surface area contributed by atoms with Gasteiger partial charge in [-0.25, -0.2) is 4.98 Å². The van der Waals surface area contributed by atoms with Crippen molar-refractivity contribution in [2.24, 2.45) is 0 Å². The van der Waals surface area contributed by atoms with E-state index < -0.39 is 0 Å². The van der Waals surface area contributed by atoms with Gasteiger partial charge in [0.15, 0.2) is 4.96 Å². The third-order valence-corrected chi connectivity index (χ3v) is 5.39. The summed E-state index contributed by atoms with van der Waals surface area (Å²) < 4.78 is 2.33. The molecule has 0 aliphatic heterocycles. The molecule has 0 fully saturated rings. The maximum Gasteiger partial charge on any atom is 0.194 e. The predicted molar refractivity (Wildman–Crippen MR) is 84.6 cm³/mol. The lowest BCUT2D eigenvalue weighted by Crippen LogP contribution is -2.01. The van der Waals surface area contributed by atoms with E-state index in [0.717, 1.165) is 10.7 Å². The van der Waals surface area contributed by atoms with Crippen LogP contribution in [0, 0.1) is 13.8 Å². The molecule has 1 aliphatic rings. The normalized spacial score (nSPS) is 14.7. The van der Waals surface area contributed by atoms with E-state index in [1.54, 1.807) is 4.88 Å². The van der Waals surface area contributed by atoms with E-state index in [0.29, 0.717) is 0 Å². The standard InChI is InChI=1S/C17H18N2S/c1-11-7-8-12(2)13(9-11)14-10-19-15-5-3-4-6-16(15)20-17(19)18-14/h7-10H,3-6H2,1-2H3. The number of hydrogen-bond acceptors (Lipinski definition) is 2. The molecule has 2 heterocycles. The summed E-state index contributed by atoms with van der Waals surface area (Å²) in [6, 6.07) is 6.60. The highest BCUT2D eigenvalue weighted by atomic mass is 32.1. The first-order valence-electron chi connectivity index (χ1n) is 7.29. The van der Waals surface area contributed by atoms with Crippen LogP contribution in [0.2, 0.25) is 0 Å². The molecular formula is C17H18N2S. The Labute approximate surface area is 123 Å². The van der Waals surface area contributed by atoms with Gasteiger partial charge in [-0.15, -0.1) is 11.3 Å². The van der Waals surface area contributed by atoms with Crippen molar-refractivity contribution in [3.8, 4) is 11.3 Å². The molecule has 0 atom stereocenters. The summed E-state index contributed by atoms with van der Waals surface area (Å²) in [4.78, 5) is 7.58. The Morgan fingerprint density at radius 1 is 1.15 bits per heavy atom. The summed E-state index contributed by atoms with van der Waals surface area (Å²) in [6.07, 6.45) is 7.33. The molecule has 102 valence electrons. The largest absolute Gasteiger partial charge is 0.294 e. The second kappa shape index (κ2) is 4.45. The molecule has 0 saturated heterocycles. The van der Waals surface area contributed by atoms with Crippen LogP contribution in [0.1, 0.15) is 34.5 Å². The van der Waals surface area contributed by atoms with Crippen LogP contribution in [-0.4, -0.2) is 9.38 Å². The molecule has 0 bridgehead atoms. The summed E-state index contributed by atoms with van der Waals surface area (Å²) in [7, 11) is 0. The SMILES string of the molecule is Cc1ccc(C)c(-c2cn3c4c(sc3n2)CCCC4)c1. The monoisotopic (exact) mass is 282 g/mol. The fraction of sp³-hybridized carbons (Fsp3) is 0.353. The molecule has 20 heavy (non-hydrogen) atoms. The molecule has 1 aliphatic carbocycles. The van der Waals surface area contributed by atoms with Gasteiger partial charge in [-0.2, -0.15) is 0 Å². The minimum absolute atomic E-state index is 1.12. The number of aromatic nitrogens is 2. The van der Waals surface area contributed by atoms with Gasteiger partial charge >= 0.3 is 0 Å². The average Bonchev–Trinajstić information content (AvgIpc) is 2.99. The molecule has 4 rings (SSSR count). The smallest absolute Gasteiger partial charge is 0.194 e. The Morgan fingerprint density at radius 3 is 2.90 bits per heavy atom. The van der Waals surface area contributed by atoms with Gasteiger partial charge in [0.05, 0.1) is 5.69 Å². The minimum atomic E-state index is 1.12. The first-order chi connectivity index (χ1) is 9.72. The zero-order valence-electron chi connectivity index (χ0n) is 11.9. The number of nitrogens with zero attached hydrogens (tertiary/aromatic N) is 2. The van der Waals surface area contributed by atoms with Gasteiger partial charge in [-0.1, -0.05) is 17.7 Å². The van der Waals surface area contributed by atoms with Gasteiger partial charge in [0.2, 0.25) is 0 Å². The summed E-state index contributed by atoms with van der Waals surface area (Å²) in [5.41, 5.74) is 6.48. The van der Waals surface area contributed by atoms with Crippen molar-refractivity contribution in [1.82, 2.24) is 9.38 Å². The zero-order chi connectivity index (χ0) is 13.7. The van der Waals surface area contributed by atoms with Crippen molar-refractivity contribution in [2.75, 3.05) is 0 Å². The first kappa shape index (κ1) is 12.2. The molecule has 2 aromatic heterocycles. The third-order valence-electron chi connectivity index (χ3n) is 4.24.